The molecule has 0 fully saturated rings. The Bertz CT molecular complexity index is 466. The molecule has 0 radical (unpaired) electrons. The fourth-order valence-electron chi connectivity index (χ4n) is 1.31. The molecule has 4 nitrogen and oxygen atoms in total. The number of ether oxygens (including phenoxy) is 1. The Kier molecular flexibility index (Phi) is 2.41. The van der Waals surface area contributed by atoms with Crippen molar-refractivity contribution in [3.05, 3.63) is 16.5 Å². The highest BCUT2D eigenvalue weighted by Gasteiger charge is 2.10. The molecule has 0 spiro atoms. The average molecular weight is 256 g/mol. The number of imidazole rings is 1. The predicted octanol–water partition coefficient (Wildman–Crippen LogP) is 2.29. The summed E-state index contributed by atoms with van der Waals surface area (Å²) in [5, 5.41) is 0. The molecule has 0 amide bonds. The number of aromatic nitrogens is 3. The zero-order valence-corrected chi connectivity index (χ0v) is 9.55. The summed E-state index contributed by atoms with van der Waals surface area (Å²) in [5.74, 6) is 1.52. The van der Waals surface area contributed by atoms with Crippen molar-refractivity contribution in [2.75, 3.05) is 7.11 Å². The molecule has 2 aromatic heterocycles. The number of methoxy groups -OCH3 is 1. The molecule has 0 aliphatic heterocycles. The van der Waals surface area contributed by atoms with Gasteiger partial charge in [-0.3, -0.25) is 0 Å². The normalized spacial score (nSPS) is 10.8. The van der Waals surface area contributed by atoms with E-state index < -0.39 is 0 Å². The molecular formula is C9H10BrN3O. The van der Waals surface area contributed by atoms with Crippen molar-refractivity contribution < 1.29 is 4.74 Å². The lowest BCUT2D eigenvalue weighted by atomic mass is 10.4. The second-order valence-corrected chi connectivity index (χ2v) is 3.73. The Labute approximate surface area is 89.8 Å². The minimum absolute atomic E-state index is 0.579. The second kappa shape index (κ2) is 3.57. The summed E-state index contributed by atoms with van der Waals surface area (Å²) in [6.07, 6.45) is 2.56. The zero-order valence-electron chi connectivity index (χ0n) is 7.97. The van der Waals surface area contributed by atoms with Crippen molar-refractivity contribution in [2.45, 2.75) is 13.3 Å². The van der Waals surface area contributed by atoms with E-state index >= 15 is 0 Å². The van der Waals surface area contributed by atoms with E-state index in [0.29, 0.717) is 5.88 Å². The number of hydrogen-bond donors (Lipinski definition) is 1. The summed E-state index contributed by atoms with van der Waals surface area (Å²) < 4.78 is 6.02. The van der Waals surface area contributed by atoms with Crippen LogP contribution >= 0.6 is 15.9 Å². The van der Waals surface area contributed by atoms with Crippen LogP contribution in [-0.2, 0) is 6.42 Å². The summed E-state index contributed by atoms with van der Waals surface area (Å²) in [5.41, 5.74) is 1.72. The molecule has 0 atom stereocenters. The summed E-state index contributed by atoms with van der Waals surface area (Å²) in [6.45, 7) is 2.05. The first kappa shape index (κ1) is 9.45. The van der Waals surface area contributed by atoms with Gasteiger partial charge in [-0.1, -0.05) is 6.92 Å². The van der Waals surface area contributed by atoms with Gasteiger partial charge in [-0.05, 0) is 15.9 Å². The minimum Gasteiger partial charge on any atom is -0.479 e. The smallest absolute Gasteiger partial charge is 0.239 e. The highest BCUT2D eigenvalue weighted by atomic mass is 79.9. The van der Waals surface area contributed by atoms with E-state index in [1.54, 1.807) is 13.3 Å². The molecule has 0 bridgehead atoms. The molecule has 1 N–H and O–H groups in total. The van der Waals surface area contributed by atoms with Gasteiger partial charge in [0, 0.05) is 12.6 Å². The maximum Gasteiger partial charge on any atom is 0.239 e. The van der Waals surface area contributed by atoms with Crippen LogP contribution in [-0.4, -0.2) is 22.1 Å². The molecule has 5 heteroatoms. The molecule has 74 valence electrons. The van der Waals surface area contributed by atoms with E-state index in [1.165, 1.54) is 0 Å². The molecule has 14 heavy (non-hydrogen) atoms. The van der Waals surface area contributed by atoms with Gasteiger partial charge in [-0.25, -0.2) is 9.97 Å². The van der Waals surface area contributed by atoms with Crippen LogP contribution in [0.25, 0.3) is 11.0 Å². The van der Waals surface area contributed by atoms with Gasteiger partial charge in [0.2, 0.25) is 5.88 Å². The van der Waals surface area contributed by atoms with E-state index in [1.807, 2.05) is 6.92 Å². The second-order valence-electron chi connectivity index (χ2n) is 2.88. The highest BCUT2D eigenvalue weighted by Crippen LogP contribution is 2.27. The van der Waals surface area contributed by atoms with Crippen LogP contribution in [0.5, 0.6) is 5.88 Å². The first-order valence-corrected chi connectivity index (χ1v) is 5.12. The molecule has 2 aromatic rings. The van der Waals surface area contributed by atoms with Crippen LogP contribution in [0.2, 0.25) is 0 Å². The van der Waals surface area contributed by atoms with Gasteiger partial charge in [-0.15, -0.1) is 0 Å². The molecule has 2 rings (SSSR count). The molecule has 0 unspecified atom stereocenters. The van der Waals surface area contributed by atoms with Gasteiger partial charge >= 0.3 is 0 Å². The molecule has 0 aliphatic carbocycles. The van der Waals surface area contributed by atoms with Gasteiger partial charge in [0.15, 0.2) is 0 Å². The van der Waals surface area contributed by atoms with Gasteiger partial charge in [0.25, 0.3) is 0 Å². The van der Waals surface area contributed by atoms with Crippen LogP contribution in [0, 0.1) is 0 Å². The lowest BCUT2D eigenvalue weighted by molar-refractivity contribution is 0.402. The number of aromatic amines is 1. The first-order valence-electron chi connectivity index (χ1n) is 4.33. The summed E-state index contributed by atoms with van der Waals surface area (Å²) in [4.78, 5) is 11.7. The number of fused-ring (bicyclic) bond motifs is 1. The van der Waals surface area contributed by atoms with Crippen molar-refractivity contribution in [2.24, 2.45) is 0 Å². The topological polar surface area (TPSA) is 50.8 Å². The maximum absolute atomic E-state index is 5.14. The molecular weight excluding hydrogens is 246 g/mol. The summed E-state index contributed by atoms with van der Waals surface area (Å²) >= 11 is 3.40. The summed E-state index contributed by atoms with van der Waals surface area (Å²) in [6, 6.07) is 0. The number of nitrogens with zero attached hydrogens (tertiary/aromatic N) is 2. The van der Waals surface area contributed by atoms with Gasteiger partial charge in [-0.2, -0.15) is 0 Å². The van der Waals surface area contributed by atoms with Crippen molar-refractivity contribution in [3.8, 4) is 5.88 Å². The number of aryl methyl sites for hydroxylation is 1. The van der Waals surface area contributed by atoms with Crippen LogP contribution in [0.3, 0.4) is 0 Å². The minimum atomic E-state index is 0.579. The van der Waals surface area contributed by atoms with E-state index in [-0.39, 0.29) is 0 Å². The van der Waals surface area contributed by atoms with E-state index in [0.717, 1.165) is 27.8 Å². The van der Waals surface area contributed by atoms with Gasteiger partial charge < -0.3 is 9.72 Å². The lowest BCUT2D eigenvalue weighted by Crippen LogP contribution is -1.88. The van der Waals surface area contributed by atoms with Crippen LogP contribution in [0.15, 0.2) is 10.7 Å². The third-order valence-electron chi connectivity index (χ3n) is 2.02. The fourth-order valence-corrected chi connectivity index (χ4v) is 1.70. The number of rotatable bonds is 2. The van der Waals surface area contributed by atoms with Crippen molar-refractivity contribution in [1.82, 2.24) is 15.0 Å². The highest BCUT2D eigenvalue weighted by molar-refractivity contribution is 9.10. The number of halogens is 1. The van der Waals surface area contributed by atoms with Crippen molar-refractivity contribution >= 4 is 27.0 Å². The average Bonchev–Trinajstić information content (AvgIpc) is 2.63. The largest absolute Gasteiger partial charge is 0.479 e. The van der Waals surface area contributed by atoms with Crippen LogP contribution < -0.4 is 4.74 Å². The maximum atomic E-state index is 5.14. The Balaban J connectivity index is 2.74. The Morgan fingerprint density at radius 3 is 3.00 bits per heavy atom. The van der Waals surface area contributed by atoms with Gasteiger partial charge in [0.1, 0.15) is 16.9 Å². The number of nitrogens with one attached hydrogen (secondary N) is 1. The van der Waals surface area contributed by atoms with Crippen molar-refractivity contribution in [1.29, 1.82) is 0 Å². The zero-order chi connectivity index (χ0) is 10.1. The number of hydrogen-bond acceptors (Lipinski definition) is 3. The molecule has 2 heterocycles. The third-order valence-corrected chi connectivity index (χ3v) is 2.60. The SMILES string of the molecule is CCc1nc2c(Br)cnc(OC)c2[nH]1. The van der Waals surface area contributed by atoms with Crippen LogP contribution in [0.1, 0.15) is 12.7 Å². The van der Waals surface area contributed by atoms with Crippen molar-refractivity contribution in [3.63, 3.8) is 0 Å². The number of pyridine rings is 1. The quantitative estimate of drug-likeness (QED) is 0.896. The van der Waals surface area contributed by atoms with Crippen LogP contribution in [0.4, 0.5) is 0 Å². The molecule has 0 saturated heterocycles. The molecule has 0 aromatic carbocycles. The van der Waals surface area contributed by atoms with Gasteiger partial charge in [0.05, 0.1) is 11.6 Å². The third kappa shape index (κ3) is 1.37. The Hall–Kier alpha value is -1.10. The Morgan fingerprint density at radius 1 is 1.57 bits per heavy atom. The first-order chi connectivity index (χ1) is 6.76. The Morgan fingerprint density at radius 2 is 2.36 bits per heavy atom. The van der Waals surface area contributed by atoms with E-state index in [2.05, 4.69) is 30.9 Å². The summed E-state index contributed by atoms with van der Waals surface area (Å²) in [7, 11) is 1.60. The van der Waals surface area contributed by atoms with E-state index in [4.69, 9.17) is 4.74 Å². The molecule has 0 saturated carbocycles. The standard InChI is InChI=1S/C9H10BrN3O/c1-3-6-12-7-5(10)4-11-9(14-2)8(7)13-6/h4H,3H2,1-2H3,(H,12,13). The molecule has 0 aliphatic rings. The monoisotopic (exact) mass is 255 g/mol. The fraction of sp³-hybridized carbons (Fsp3) is 0.333. The lowest BCUT2D eigenvalue weighted by Gasteiger charge is -1.99. The number of H-pyrrole nitrogens is 1. The predicted molar refractivity (Wildman–Crippen MR) is 57.5 cm³/mol. The van der Waals surface area contributed by atoms with E-state index in [9.17, 15) is 0 Å².